The zero-order valence-electron chi connectivity index (χ0n) is 31.5. The minimum absolute atomic E-state index is 1.08. The van der Waals surface area contributed by atoms with E-state index in [1.807, 2.05) is 0 Å². The quantitative estimate of drug-likeness (QED) is 0.141. The van der Waals surface area contributed by atoms with Crippen molar-refractivity contribution in [3.63, 3.8) is 0 Å². The lowest BCUT2D eigenvalue weighted by Crippen LogP contribution is -2.12. The average Bonchev–Trinajstić information content (AvgIpc) is 3.30. The van der Waals surface area contributed by atoms with Gasteiger partial charge in [0.25, 0.3) is 0 Å². The van der Waals surface area contributed by atoms with Crippen LogP contribution in [0.3, 0.4) is 0 Å². The normalized spacial score (nSPS) is 11.2. The van der Waals surface area contributed by atoms with E-state index in [2.05, 4.69) is 241 Å². The molecule has 0 aliphatic rings. The second kappa shape index (κ2) is 15.0. The first-order valence-electron chi connectivity index (χ1n) is 19.6. The van der Waals surface area contributed by atoms with Crippen LogP contribution >= 0.6 is 0 Å². The molecule has 0 saturated carbocycles. The van der Waals surface area contributed by atoms with Gasteiger partial charge in [-0.2, -0.15) is 0 Å². The Bertz CT molecular complexity index is 2990. The van der Waals surface area contributed by atoms with E-state index in [4.69, 9.17) is 0 Å². The fourth-order valence-corrected chi connectivity index (χ4v) is 8.40. The molecule has 0 bridgehead atoms. The Balaban J connectivity index is 1.22. The van der Waals surface area contributed by atoms with E-state index in [9.17, 15) is 0 Å². The summed E-state index contributed by atoms with van der Waals surface area (Å²) in [6, 6.07) is 85.7. The molecule has 0 unspecified atom stereocenters. The van der Waals surface area contributed by atoms with Crippen molar-refractivity contribution in [2.24, 2.45) is 0 Å². The zero-order chi connectivity index (χ0) is 38.0. The summed E-state index contributed by atoms with van der Waals surface area (Å²) in [5, 5.41) is 5.05. The maximum atomic E-state index is 2.44. The Kier molecular flexibility index (Phi) is 8.95. The first kappa shape index (κ1) is 34.0. The highest BCUT2D eigenvalue weighted by molar-refractivity contribution is 6.14. The highest BCUT2D eigenvalue weighted by Gasteiger charge is 2.23. The van der Waals surface area contributed by atoms with Gasteiger partial charge in [-0.1, -0.05) is 200 Å². The summed E-state index contributed by atoms with van der Waals surface area (Å²) in [5.41, 5.74) is 15.1. The van der Waals surface area contributed by atoms with Crippen LogP contribution in [-0.4, -0.2) is 0 Å². The molecule has 0 N–H and O–H groups in total. The van der Waals surface area contributed by atoms with Crippen LogP contribution in [-0.2, 0) is 0 Å². The summed E-state index contributed by atoms with van der Waals surface area (Å²) in [5.74, 6) is 0. The van der Waals surface area contributed by atoms with Gasteiger partial charge in [0.2, 0.25) is 0 Å². The summed E-state index contributed by atoms with van der Waals surface area (Å²) in [7, 11) is 0. The summed E-state index contributed by atoms with van der Waals surface area (Å²) in [4.78, 5) is 2.44. The van der Waals surface area contributed by atoms with Gasteiger partial charge in [-0.3, -0.25) is 0 Å². The van der Waals surface area contributed by atoms with Gasteiger partial charge in [0.1, 0.15) is 0 Å². The summed E-state index contributed by atoms with van der Waals surface area (Å²) >= 11 is 0. The number of nitrogens with zero attached hydrogens (tertiary/aromatic N) is 1. The minimum atomic E-state index is 1.08. The molecule has 0 heterocycles. The molecule has 0 aromatic heterocycles. The molecule has 0 aliphatic carbocycles. The van der Waals surface area contributed by atoms with E-state index >= 15 is 0 Å². The van der Waals surface area contributed by atoms with E-state index in [0.717, 1.165) is 17.1 Å². The molecular formula is C56H39N. The number of fused-ring (bicyclic) bond motifs is 3. The van der Waals surface area contributed by atoms with Crippen LogP contribution in [0, 0.1) is 0 Å². The van der Waals surface area contributed by atoms with E-state index in [1.165, 1.54) is 77.2 Å². The van der Waals surface area contributed by atoms with Crippen LogP contribution in [0.15, 0.2) is 237 Å². The molecule has 1 heteroatoms. The Morgan fingerprint density at radius 2 is 0.754 bits per heavy atom. The van der Waals surface area contributed by atoms with Gasteiger partial charge in [-0.25, -0.2) is 0 Å². The number of hydrogen-bond acceptors (Lipinski definition) is 1. The first-order valence-corrected chi connectivity index (χ1v) is 19.6. The van der Waals surface area contributed by atoms with Crippen LogP contribution in [0.1, 0.15) is 0 Å². The standard InChI is InChI=1S/C56H39N/c1-4-18-40(19-5-1)44-25-16-26-47(38-44)57(46-36-34-43(35-37-46)54-39-45-24-10-11-28-49(45)51-29-13-14-30-52(51)54)55-33-17-32-50(42-22-8-3-9-23-42)56(55)53-31-15-12-27-48(53)41-20-6-2-7-21-41/h1-39H. The maximum Gasteiger partial charge on any atom is 0.0546 e. The largest absolute Gasteiger partial charge is 0.310 e. The molecule has 10 aromatic rings. The SMILES string of the molecule is c1ccc(-c2cccc(N(c3ccc(-c4cc5ccccc5c5ccccc45)cc3)c3cccc(-c4ccccc4)c3-c3ccccc3-c3ccccc3)c2)cc1. The molecule has 0 radical (unpaired) electrons. The van der Waals surface area contributed by atoms with Crippen molar-refractivity contribution in [1.82, 2.24) is 0 Å². The first-order chi connectivity index (χ1) is 28.3. The number of benzene rings is 10. The molecular weight excluding hydrogens is 687 g/mol. The third-order valence-electron chi connectivity index (χ3n) is 11.1. The Labute approximate surface area is 334 Å². The lowest BCUT2D eigenvalue weighted by atomic mass is 9.87. The molecule has 1 nitrogen and oxygen atoms in total. The van der Waals surface area contributed by atoms with E-state index in [-0.39, 0.29) is 0 Å². The van der Waals surface area contributed by atoms with Gasteiger partial charge in [0, 0.05) is 16.9 Å². The molecule has 0 atom stereocenters. The van der Waals surface area contributed by atoms with Crippen molar-refractivity contribution >= 4 is 38.6 Å². The minimum Gasteiger partial charge on any atom is -0.310 e. The lowest BCUT2D eigenvalue weighted by Gasteiger charge is -2.30. The van der Waals surface area contributed by atoms with Crippen molar-refractivity contribution in [2.75, 3.05) is 4.90 Å². The van der Waals surface area contributed by atoms with Gasteiger partial charge in [0.05, 0.1) is 5.69 Å². The van der Waals surface area contributed by atoms with E-state index in [1.54, 1.807) is 0 Å². The van der Waals surface area contributed by atoms with Gasteiger partial charge in [0.15, 0.2) is 0 Å². The molecule has 0 aliphatic heterocycles. The molecule has 268 valence electrons. The van der Waals surface area contributed by atoms with Crippen LogP contribution < -0.4 is 4.90 Å². The number of rotatable bonds is 8. The van der Waals surface area contributed by atoms with Crippen molar-refractivity contribution in [3.05, 3.63) is 237 Å². The molecule has 0 spiro atoms. The highest BCUT2D eigenvalue weighted by atomic mass is 15.1. The van der Waals surface area contributed by atoms with Gasteiger partial charge in [-0.05, 0) is 108 Å². The molecule has 0 amide bonds. The van der Waals surface area contributed by atoms with Gasteiger partial charge >= 0.3 is 0 Å². The van der Waals surface area contributed by atoms with Crippen molar-refractivity contribution in [1.29, 1.82) is 0 Å². The predicted octanol–water partition coefficient (Wildman–Crippen LogP) is 15.8. The smallest absolute Gasteiger partial charge is 0.0546 e. The van der Waals surface area contributed by atoms with Crippen LogP contribution in [0.25, 0.3) is 77.2 Å². The fraction of sp³-hybridized carbons (Fsp3) is 0. The summed E-state index contributed by atoms with van der Waals surface area (Å²) < 4.78 is 0. The third kappa shape index (κ3) is 6.46. The Morgan fingerprint density at radius 3 is 1.47 bits per heavy atom. The van der Waals surface area contributed by atoms with Crippen LogP contribution in [0.5, 0.6) is 0 Å². The Morgan fingerprint density at radius 1 is 0.246 bits per heavy atom. The second-order valence-electron chi connectivity index (χ2n) is 14.5. The topological polar surface area (TPSA) is 3.24 Å². The number of anilines is 3. The zero-order valence-corrected chi connectivity index (χ0v) is 31.5. The van der Waals surface area contributed by atoms with Crippen LogP contribution in [0.4, 0.5) is 17.1 Å². The Hall–Kier alpha value is -7.48. The fourth-order valence-electron chi connectivity index (χ4n) is 8.40. The molecule has 10 rings (SSSR count). The summed E-state index contributed by atoms with van der Waals surface area (Å²) in [6.07, 6.45) is 0. The van der Waals surface area contributed by atoms with Gasteiger partial charge in [-0.15, -0.1) is 0 Å². The molecule has 0 saturated heterocycles. The monoisotopic (exact) mass is 725 g/mol. The van der Waals surface area contributed by atoms with Crippen LogP contribution in [0.2, 0.25) is 0 Å². The highest BCUT2D eigenvalue weighted by Crippen LogP contribution is 2.48. The molecule has 57 heavy (non-hydrogen) atoms. The average molecular weight is 726 g/mol. The molecule has 0 fully saturated rings. The lowest BCUT2D eigenvalue weighted by molar-refractivity contribution is 1.28. The number of hydrogen-bond donors (Lipinski definition) is 0. The maximum absolute atomic E-state index is 2.44. The molecule has 10 aromatic carbocycles. The van der Waals surface area contributed by atoms with Crippen molar-refractivity contribution in [2.45, 2.75) is 0 Å². The van der Waals surface area contributed by atoms with E-state index < -0.39 is 0 Å². The summed E-state index contributed by atoms with van der Waals surface area (Å²) in [6.45, 7) is 0. The van der Waals surface area contributed by atoms with Crippen molar-refractivity contribution < 1.29 is 0 Å². The predicted molar refractivity (Wildman–Crippen MR) is 243 cm³/mol. The van der Waals surface area contributed by atoms with E-state index in [0.29, 0.717) is 0 Å². The third-order valence-corrected chi connectivity index (χ3v) is 11.1. The van der Waals surface area contributed by atoms with Gasteiger partial charge < -0.3 is 4.90 Å². The van der Waals surface area contributed by atoms with Crippen molar-refractivity contribution in [3.8, 4) is 55.6 Å². The second-order valence-corrected chi connectivity index (χ2v) is 14.5.